The Morgan fingerprint density at radius 3 is 2.10 bits per heavy atom. The van der Waals surface area contributed by atoms with Gasteiger partial charge >= 0.3 is 5.97 Å². The molecule has 0 saturated heterocycles. The molecular weight excluding hydrogens is 664 g/mol. The number of rotatable bonds is 24. The van der Waals surface area contributed by atoms with Crippen LogP contribution in [-0.2, 0) is 21.2 Å². The van der Waals surface area contributed by atoms with Gasteiger partial charge in [-0.2, -0.15) is 0 Å². The lowest BCUT2D eigenvalue weighted by Gasteiger charge is -2.16. The van der Waals surface area contributed by atoms with Crippen LogP contribution >= 0.6 is 12.4 Å². The molecule has 49 heavy (non-hydrogen) atoms. The topological polar surface area (TPSA) is 137 Å². The van der Waals surface area contributed by atoms with E-state index in [1.165, 1.54) is 20.0 Å². The van der Waals surface area contributed by atoms with Crippen LogP contribution in [0.4, 0.5) is 0 Å². The van der Waals surface area contributed by atoms with E-state index < -0.39 is 16.0 Å². The number of nitrogens with two attached hydrogens (primary N) is 1. The third kappa shape index (κ3) is 22.9. The molecule has 1 atom stereocenters. The first-order valence-electron chi connectivity index (χ1n) is 17.1. The van der Waals surface area contributed by atoms with Crippen LogP contribution in [0.3, 0.4) is 0 Å². The van der Waals surface area contributed by atoms with E-state index in [1.807, 2.05) is 44.2 Å². The highest BCUT2D eigenvalue weighted by molar-refractivity contribution is 7.89. The van der Waals surface area contributed by atoms with E-state index in [0.29, 0.717) is 38.3 Å². The lowest BCUT2D eigenvalue weighted by molar-refractivity contribution is -0.137. The molecule has 9 nitrogen and oxygen atoms in total. The van der Waals surface area contributed by atoms with Crippen LogP contribution in [0.5, 0.6) is 17.2 Å². The molecule has 11 heteroatoms. The van der Waals surface area contributed by atoms with Gasteiger partial charge in [0.25, 0.3) is 0 Å². The fraction of sp³-hybridized carbons (Fsp3) is 0.500. The number of carboxylic acids is 1. The number of aliphatic carboxylic acids is 1. The van der Waals surface area contributed by atoms with Gasteiger partial charge in [0.1, 0.15) is 17.3 Å². The number of primary sulfonamides is 1. The van der Waals surface area contributed by atoms with Gasteiger partial charge in [0.2, 0.25) is 10.0 Å². The van der Waals surface area contributed by atoms with Gasteiger partial charge in [0, 0.05) is 19.0 Å². The molecule has 276 valence electrons. The predicted octanol–water partition coefficient (Wildman–Crippen LogP) is 8.42. The van der Waals surface area contributed by atoms with Crippen LogP contribution in [-0.4, -0.2) is 52.4 Å². The highest BCUT2D eigenvalue weighted by Crippen LogP contribution is 2.26. The van der Waals surface area contributed by atoms with Crippen LogP contribution in [0.25, 0.3) is 0 Å². The summed E-state index contributed by atoms with van der Waals surface area (Å²) in [5.41, 5.74) is 0.854. The molecule has 0 bridgehead atoms. The number of sulfonamides is 1. The Hall–Kier alpha value is -3.31. The van der Waals surface area contributed by atoms with E-state index in [2.05, 4.69) is 48.7 Å². The second kappa shape index (κ2) is 28.5. The zero-order chi connectivity index (χ0) is 35.5. The Kier molecular flexibility index (Phi) is 26.6. The van der Waals surface area contributed by atoms with Crippen molar-refractivity contribution in [1.82, 2.24) is 5.32 Å². The summed E-state index contributed by atoms with van der Waals surface area (Å²) in [5, 5.41) is 17.1. The van der Waals surface area contributed by atoms with Crippen molar-refractivity contribution in [3.8, 4) is 17.2 Å². The lowest BCUT2D eigenvalue weighted by atomic mass is 10.1. The molecule has 0 saturated carbocycles. The monoisotopic (exact) mass is 722 g/mol. The number of para-hydroxylation sites is 2. The molecular formula is C38H59ClN2O7S. The molecule has 0 amide bonds. The zero-order valence-electron chi connectivity index (χ0n) is 29.8. The van der Waals surface area contributed by atoms with Crippen LogP contribution < -0.4 is 24.7 Å². The SMILES string of the molecule is CC/C=C\C/C=C\C/C=C\CCCCCCCC(=O)O.CCOc1ccccc1OCCN[C@H](C)Cc1ccc(OC)c(S(N)(=O)=O)c1.Cl. The third-order valence-electron chi connectivity index (χ3n) is 7.12. The first kappa shape index (κ1) is 45.7. The molecule has 0 radical (unpaired) electrons. The fourth-order valence-corrected chi connectivity index (χ4v) is 5.45. The van der Waals surface area contributed by atoms with Gasteiger partial charge in [0.05, 0.1) is 13.7 Å². The summed E-state index contributed by atoms with van der Waals surface area (Å²) >= 11 is 0. The minimum Gasteiger partial charge on any atom is -0.495 e. The number of hydrogen-bond donors (Lipinski definition) is 3. The first-order valence-corrected chi connectivity index (χ1v) is 18.6. The molecule has 2 rings (SSSR count). The highest BCUT2D eigenvalue weighted by Gasteiger charge is 2.16. The lowest BCUT2D eigenvalue weighted by Crippen LogP contribution is -2.32. The van der Waals surface area contributed by atoms with Crippen molar-refractivity contribution in [2.45, 2.75) is 102 Å². The van der Waals surface area contributed by atoms with Gasteiger partial charge in [-0.1, -0.05) is 80.8 Å². The number of halogens is 1. The number of unbranched alkanes of at least 4 members (excludes halogenated alkanes) is 5. The molecule has 2 aromatic carbocycles. The summed E-state index contributed by atoms with van der Waals surface area (Å²) in [6.45, 7) is 7.81. The van der Waals surface area contributed by atoms with Crippen molar-refractivity contribution >= 4 is 28.4 Å². The maximum atomic E-state index is 11.7. The number of hydrogen-bond acceptors (Lipinski definition) is 7. The Balaban J connectivity index is 0.000000977. The number of allylic oxidation sites excluding steroid dienone is 6. The first-order chi connectivity index (χ1) is 23.1. The van der Waals surface area contributed by atoms with Crippen molar-refractivity contribution < 1.29 is 32.5 Å². The van der Waals surface area contributed by atoms with Crippen molar-refractivity contribution in [2.75, 3.05) is 26.9 Å². The molecule has 0 aliphatic rings. The molecule has 0 unspecified atom stereocenters. The van der Waals surface area contributed by atoms with Gasteiger partial charge in [-0.05, 0) is 88.6 Å². The molecule has 4 N–H and O–H groups in total. The Bertz CT molecular complexity index is 1360. The fourth-order valence-electron chi connectivity index (χ4n) is 4.70. The van der Waals surface area contributed by atoms with Gasteiger partial charge in [-0.3, -0.25) is 4.79 Å². The highest BCUT2D eigenvalue weighted by atomic mass is 35.5. The quantitative estimate of drug-likeness (QED) is 0.0726. The van der Waals surface area contributed by atoms with E-state index >= 15 is 0 Å². The molecule has 0 spiro atoms. The number of carbonyl (C=O) groups is 1. The molecule has 0 heterocycles. The van der Waals surface area contributed by atoms with Crippen molar-refractivity contribution in [1.29, 1.82) is 0 Å². The maximum absolute atomic E-state index is 11.7. The predicted molar refractivity (Wildman–Crippen MR) is 203 cm³/mol. The largest absolute Gasteiger partial charge is 0.495 e. The van der Waals surface area contributed by atoms with E-state index in [1.54, 1.807) is 12.1 Å². The van der Waals surface area contributed by atoms with Crippen molar-refractivity contribution in [2.24, 2.45) is 5.14 Å². The van der Waals surface area contributed by atoms with E-state index in [0.717, 1.165) is 56.3 Å². The smallest absolute Gasteiger partial charge is 0.303 e. The second-order valence-corrected chi connectivity index (χ2v) is 12.8. The van der Waals surface area contributed by atoms with Crippen LogP contribution in [0.2, 0.25) is 0 Å². The van der Waals surface area contributed by atoms with Gasteiger partial charge in [-0.25, -0.2) is 13.6 Å². The van der Waals surface area contributed by atoms with Crippen molar-refractivity contribution in [3.63, 3.8) is 0 Å². The summed E-state index contributed by atoms with van der Waals surface area (Å²) < 4.78 is 39.9. The average molecular weight is 723 g/mol. The number of nitrogens with one attached hydrogen (secondary N) is 1. The van der Waals surface area contributed by atoms with Gasteiger partial charge < -0.3 is 24.6 Å². The molecule has 0 aliphatic heterocycles. The van der Waals surface area contributed by atoms with Crippen LogP contribution in [0.15, 0.2) is 83.8 Å². The zero-order valence-corrected chi connectivity index (χ0v) is 31.4. The second-order valence-electron chi connectivity index (χ2n) is 11.3. The number of benzene rings is 2. The van der Waals surface area contributed by atoms with Crippen LogP contribution in [0, 0.1) is 0 Å². The minimum absolute atomic E-state index is 0. The average Bonchev–Trinajstić information content (AvgIpc) is 3.05. The van der Waals surface area contributed by atoms with E-state index in [4.69, 9.17) is 24.5 Å². The normalized spacial score (nSPS) is 12.0. The van der Waals surface area contributed by atoms with E-state index in [-0.39, 0.29) is 29.1 Å². The minimum atomic E-state index is -3.84. The summed E-state index contributed by atoms with van der Waals surface area (Å²) in [6.07, 6.45) is 24.0. The number of ether oxygens (including phenoxy) is 3. The Morgan fingerprint density at radius 1 is 0.878 bits per heavy atom. The number of methoxy groups -OCH3 is 1. The summed E-state index contributed by atoms with van der Waals surface area (Å²) in [6, 6.07) is 12.7. The molecule has 2 aromatic rings. The molecule has 0 aliphatic carbocycles. The molecule has 0 fully saturated rings. The number of carboxylic acid groups (broad SMARTS) is 1. The van der Waals surface area contributed by atoms with Crippen LogP contribution in [0.1, 0.15) is 90.5 Å². The van der Waals surface area contributed by atoms with Gasteiger partial charge in [0.15, 0.2) is 11.5 Å². The van der Waals surface area contributed by atoms with Crippen molar-refractivity contribution in [3.05, 3.63) is 84.5 Å². The Labute approximate surface area is 301 Å². The summed E-state index contributed by atoms with van der Waals surface area (Å²) in [4.78, 5) is 10.3. The van der Waals surface area contributed by atoms with Gasteiger partial charge in [-0.15, -0.1) is 12.4 Å². The molecule has 0 aromatic heterocycles. The summed E-state index contributed by atoms with van der Waals surface area (Å²) in [7, 11) is -2.43. The Morgan fingerprint density at radius 2 is 1.49 bits per heavy atom. The summed E-state index contributed by atoms with van der Waals surface area (Å²) in [5.74, 6) is 1.01. The standard InChI is InChI=1S/C20H28N2O5S.C18H30O2.ClH/c1-4-26-17-7-5-6-8-18(17)27-12-11-22-15(2)13-16-9-10-19(25-3)20(14-16)28(21,23)24;1-2-3-4-5-6-7-8-9-10-11-12-13-14-15-16-17-18(19)20;/h5-10,14-15,22H,4,11-13H2,1-3H3,(H2,21,23,24);3-4,6-7,9-10H,2,5,8,11-17H2,1H3,(H,19,20);1H/b;4-3-,7-6-,10-9-;/t15-;;/m1../s1. The van der Waals surface area contributed by atoms with E-state index in [9.17, 15) is 13.2 Å². The maximum Gasteiger partial charge on any atom is 0.303 e. The third-order valence-corrected chi connectivity index (χ3v) is 8.05.